The molecule has 0 aliphatic heterocycles. The highest BCUT2D eigenvalue weighted by Gasteiger charge is 2.16. The largest absolute Gasteiger partial charge is 0.0902 e. The zero-order valence-corrected chi connectivity index (χ0v) is 10.8. The van der Waals surface area contributed by atoms with Crippen molar-refractivity contribution >= 4 is 21.6 Å². The zero-order valence-electron chi connectivity index (χ0n) is 9.18. The van der Waals surface area contributed by atoms with Gasteiger partial charge in [0.1, 0.15) is 0 Å². The Hall–Kier alpha value is 0.700. The molecule has 2 atom stereocenters. The van der Waals surface area contributed by atoms with Crippen LogP contribution in [0.2, 0.25) is 0 Å². The van der Waals surface area contributed by atoms with Gasteiger partial charge in [0.25, 0.3) is 0 Å². The maximum atomic E-state index is 2.33. The molecule has 0 rings (SSSR count). The molecule has 0 radical (unpaired) electrons. The van der Waals surface area contributed by atoms with Gasteiger partial charge in [0, 0.05) is 10.00 Å². The van der Waals surface area contributed by atoms with Crippen LogP contribution in [-0.4, -0.2) is 10.00 Å². The maximum Gasteiger partial charge on any atom is 0.0179 e. The molecule has 0 saturated carbocycles. The summed E-state index contributed by atoms with van der Waals surface area (Å²) in [6, 6.07) is 0. The first-order valence-electron chi connectivity index (χ1n) is 4.71. The minimum Gasteiger partial charge on any atom is -0.0902 e. The van der Waals surface area contributed by atoms with Crippen molar-refractivity contribution in [3.63, 3.8) is 0 Å². The van der Waals surface area contributed by atoms with E-state index in [1.807, 2.05) is 21.6 Å². The summed E-state index contributed by atoms with van der Waals surface area (Å²) in [4.78, 5) is 0. The van der Waals surface area contributed by atoms with Gasteiger partial charge in [0.2, 0.25) is 0 Å². The van der Waals surface area contributed by atoms with Gasteiger partial charge < -0.3 is 0 Å². The fourth-order valence-corrected chi connectivity index (χ4v) is 3.36. The van der Waals surface area contributed by atoms with Gasteiger partial charge in [-0.2, -0.15) is 0 Å². The Bertz CT molecular complexity index is 115. The van der Waals surface area contributed by atoms with E-state index in [1.54, 1.807) is 0 Å². The summed E-state index contributed by atoms with van der Waals surface area (Å²) in [5.74, 6) is 0.838. The van der Waals surface area contributed by atoms with Crippen molar-refractivity contribution in [1.29, 1.82) is 0 Å². The lowest BCUT2D eigenvalue weighted by Gasteiger charge is -2.22. The molecule has 12 heavy (non-hydrogen) atoms. The van der Waals surface area contributed by atoms with Crippen LogP contribution < -0.4 is 0 Å². The predicted molar refractivity (Wildman–Crippen MR) is 63.9 cm³/mol. The Kier molecular flexibility index (Phi) is 5.75. The molecular weight excluding hydrogens is 184 g/mol. The summed E-state index contributed by atoms with van der Waals surface area (Å²) in [5, 5.41) is 0.777. The van der Waals surface area contributed by atoms with Crippen LogP contribution in [0.15, 0.2) is 0 Å². The molecule has 0 aromatic carbocycles. The Morgan fingerprint density at radius 2 is 1.67 bits per heavy atom. The van der Waals surface area contributed by atoms with Crippen LogP contribution in [0, 0.1) is 5.92 Å². The highest BCUT2D eigenvalue weighted by molar-refractivity contribution is 8.77. The van der Waals surface area contributed by atoms with Crippen LogP contribution >= 0.6 is 21.6 Å². The normalized spacial score (nSPS) is 17.5. The molecule has 0 aromatic rings. The second-order valence-electron chi connectivity index (χ2n) is 4.38. The van der Waals surface area contributed by atoms with E-state index in [0.29, 0.717) is 4.75 Å². The smallest absolute Gasteiger partial charge is 0.0179 e. The standard InChI is InChI=1S/C10H22S2/c1-7-8(2)9(3)11-12-10(4,5)6/h8-9H,7H2,1-6H3/t8?,9-/m0/s1. The molecule has 0 aliphatic rings. The average Bonchev–Trinajstić information content (AvgIpc) is 1.97. The molecule has 0 spiro atoms. The van der Waals surface area contributed by atoms with Gasteiger partial charge in [-0.15, -0.1) is 0 Å². The first kappa shape index (κ1) is 12.7. The Morgan fingerprint density at radius 1 is 1.17 bits per heavy atom. The fraction of sp³-hybridized carbons (Fsp3) is 1.00. The first-order valence-corrected chi connectivity index (χ1v) is 6.92. The monoisotopic (exact) mass is 206 g/mol. The molecule has 0 saturated heterocycles. The van der Waals surface area contributed by atoms with Crippen LogP contribution in [0.5, 0.6) is 0 Å². The molecular formula is C10H22S2. The second-order valence-corrected chi connectivity index (χ2v) is 7.79. The van der Waals surface area contributed by atoms with E-state index in [2.05, 4.69) is 41.5 Å². The van der Waals surface area contributed by atoms with E-state index < -0.39 is 0 Å². The van der Waals surface area contributed by atoms with Crippen LogP contribution in [0.1, 0.15) is 48.0 Å². The topological polar surface area (TPSA) is 0 Å². The van der Waals surface area contributed by atoms with Crippen molar-refractivity contribution in [3.8, 4) is 0 Å². The molecule has 74 valence electrons. The van der Waals surface area contributed by atoms with E-state index in [9.17, 15) is 0 Å². The van der Waals surface area contributed by atoms with Crippen molar-refractivity contribution in [1.82, 2.24) is 0 Å². The van der Waals surface area contributed by atoms with E-state index >= 15 is 0 Å². The summed E-state index contributed by atoms with van der Waals surface area (Å²) in [7, 11) is 4.03. The quantitative estimate of drug-likeness (QED) is 0.617. The van der Waals surface area contributed by atoms with Crippen LogP contribution in [0.25, 0.3) is 0 Å². The van der Waals surface area contributed by atoms with Crippen LogP contribution in [0.3, 0.4) is 0 Å². The van der Waals surface area contributed by atoms with E-state index in [-0.39, 0.29) is 0 Å². The molecule has 0 heterocycles. The Balaban J connectivity index is 3.64. The van der Waals surface area contributed by atoms with Gasteiger partial charge in [-0.1, -0.05) is 69.6 Å². The minimum absolute atomic E-state index is 0.395. The zero-order chi connectivity index (χ0) is 9.78. The third-order valence-electron chi connectivity index (χ3n) is 1.90. The third kappa shape index (κ3) is 6.24. The fourth-order valence-electron chi connectivity index (χ4n) is 0.647. The van der Waals surface area contributed by atoms with Gasteiger partial charge >= 0.3 is 0 Å². The van der Waals surface area contributed by atoms with Crippen molar-refractivity contribution in [2.75, 3.05) is 0 Å². The first-order chi connectivity index (χ1) is 5.37. The summed E-state index contributed by atoms with van der Waals surface area (Å²) in [5.41, 5.74) is 0. The Morgan fingerprint density at radius 3 is 2.00 bits per heavy atom. The molecule has 0 aliphatic carbocycles. The lowest BCUT2D eigenvalue weighted by atomic mass is 10.1. The van der Waals surface area contributed by atoms with Gasteiger partial charge in [0.15, 0.2) is 0 Å². The molecule has 0 fully saturated rings. The minimum atomic E-state index is 0.395. The van der Waals surface area contributed by atoms with Gasteiger partial charge in [-0.3, -0.25) is 0 Å². The average molecular weight is 206 g/mol. The summed E-state index contributed by atoms with van der Waals surface area (Å²) in [6.45, 7) is 13.7. The van der Waals surface area contributed by atoms with Gasteiger partial charge in [-0.25, -0.2) is 0 Å². The summed E-state index contributed by atoms with van der Waals surface area (Å²) < 4.78 is 0.395. The highest BCUT2D eigenvalue weighted by Crippen LogP contribution is 2.40. The molecule has 0 N–H and O–H groups in total. The van der Waals surface area contributed by atoms with Crippen molar-refractivity contribution < 1.29 is 0 Å². The molecule has 0 nitrogen and oxygen atoms in total. The summed E-state index contributed by atoms with van der Waals surface area (Å²) in [6.07, 6.45) is 1.29. The Labute approximate surface area is 85.7 Å². The van der Waals surface area contributed by atoms with Crippen molar-refractivity contribution in [3.05, 3.63) is 0 Å². The van der Waals surface area contributed by atoms with Gasteiger partial charge in [-0.05, 0) is 5.92 Å². The molecule has 0 aromatic heterocycles. The van der Waals surface area contributed by atoms with E-state index in [4.69, 9.17) is 0 Å². The third-order valence-corrected chi connectivity index (χ3v) is 5.96. The number of rotatable bonds is 4. The maximum absolute atomic E-state index is 2.33. The van der Waals surface area contributed by atoms with Crippen LogP contribution in [0.4, 0.5) is 0 Å². The lowest BCUT2D eigenvalue weighted by molar-refractivity contribution is 0.559. The van der Waals surface area contributed by atoms with E-state index in [1.165, 1.54) is 6.42 Å². The number of hydrogen-bond acceptors (Lipinski definition) is 2. The molecule has 1 unspecified atom stereocenters. The van der Waals surface area contributed by atoms with E-state index in [0.717, 1.165) is 11.2 Å². The highest BCUT2D eigenvalue weighted by atomic mass is 33.1. The summed E-state index contributed by atoms with van der Waals surface area (Å²) >= 11 is 0. The molecule has 0 amide bonds. The lowest BCUT2D eigenvalue weighted by Crippen LogP contribution is -2.11. The van der Waals surface area contributed by atoms with Crippen molar-refractivity contribution in [2.24, 2.45) is 5.92 Å². The molecule has 0 bridgehead atoms. The number of hydrogen-bond donors (Lipinski definition) is 0. The predicted octanol–water partition coefficient (Wildman–Crippen LogP) is 4.60. The van der Waals surface area contributed by atoms with Gasteiger partial charge in [0.05, 0.1) is 0 Å². The van der Waals surface area contributed by atoms with Crippen molar-refractivity contribution in [2.45, 2.75) is 58.0 Å². The van der Waals surface area contributed by atoms with Crippen LogP contribution in [-0.2, 0) is 0 Å². The second kappa shape index (κ2) is 5.43. The SMILES string of the molecule is CCC(C)[C@H](C)SSC(C)(C)C. The molecule has 2 heteroatoms.